The van der Waals surface area contributed by atoms with Crippen LogP contribution >= 0.6 is 11.8 Å². The number of aromatic nitrogens is 2. The summed E-state index contributed by atoms with van der Waals surface area (Å²) in [7, 11) is 0. The molecule has 0 spiro atoms. The van der Waals surface area contributed by atoms with E-state index in [2.05, 4.69) is 21.8 Å². The smallest absolute Gasteiger partial charge is 0.258 e. The number of hydrogen-bond acceptors (Lipinski definition) is 4. The molecule has 2 aromatic rings. The third kappa shape index (κ3) is 3.70. The Morgan fingerprint density at radius 3 is 3.11 bits per heavy atom. The minimum Gasteiger partial charge on any atom is -0.313 e. The number of carbonyl (C=O) groups is 1. The molecule has 0 unspecified atom stereocenters. The average molecular weight is 272 g/mol. The Bertz CT molecular complexity index is 725. The Balaban J connectivity index is 2.12. The van der Waals surface area contributed by atoms with Crippen molar-refractivity contribution in [1.29, 1.82) is 0 Å². The highest BCUT2D eigenvalue weighted by molar-refractivity contribution is 8.13. The number of nitrogens with one attached hydrogen (secondary N) is 1. The lowest BCUT2D eigenvalue weighted by Gasteiger charge is -1.95. The van der Waals surface area contributed by atoms with Gasteiger partial charge in [-0.05, 0) is 18.2 Å². The van der Waals surface area contributed by atoms with E-state index in [0.717, 1.165) is 5.56 Å². The maximum absolute atomic E-state index is 11.5. The highest BCUT2D eigenvalue weighted by Crippen LogP contribution is 2.08. The van der Waals surface area contributed by atoms with Crippen LogP contribution in [0.3, 0.4) is 0 Å². The Hall–Kier alpha value is -2.06. The second-order valence-corrected chi connectivity index (χ2v) is 5.13. The van der Waals surface area contributed by atoms with Crippen molar-refractivity contribution in [2.45, 2.75) is 13.3 Å². The Kier molecular flexibility index (Phi) is 4.37. The predicted octanol–water partition coefficient (Wildman–Crippen LogP) is 1.94. The number of nitrogens with zero attached hydrogens (tertiary/aromatic N) is 1. The minimum absolute atomic E-state index is 0.107. The van der Waals surface area contributed by atoms with Crippen molar-refractivity contribution in [1.82, 2.24) is 9.97 Å². The zero-order valence-corrected chi connectivity index (χ0v) is 11.2. The van der Waals surface area contributed by atoms with Crippen molar-refractivity contribution in [3.05, 3.63) is 40.4 Å². The van der Waals surface area contributed by atoms with Crippen molar-refractivity contribution in [2.75, 3.05) is 5.75 Å². The summed E-state index contributed by atoms with van der Waals surface area (Å²) in [6.07, 6.45) is 2.04. The maximum Gasteiger partial charge on any atom is 0.258 e. The molecule has 0 bridgehead atoms. The summed E-state index contributed by atoms with van der Waals surface area (Å²) >= 11 is 1.27. The first kappa shape index (κ1) is 13.4. The van der Waals surface area contributed by atoms with Gasteiger partial charge >= 0.3 is 0 Å². The molecular weight excluding hydrogens is 260 g/mol. The number of aromatic amines is 1. The molecule has 0 saturated carbocycles. The summed E-state index contributed by atoms with van der Waals surface area (Å²) in [5.41, 5.74) is 1.30. The van der Waals surface area contributed by atoms with Crippen LogP contribution < -0.4 is 5.56 Å². The Labute approximate surface area is 114 Å². The van der Waals surface area contributed by atoms with Gasteiger partial charge in [-0.15, -0.1) is 0 Å². The molecule has 0 fully saturated rings. The molecule has 96 valence electrons. The van der Waals surface area contributed by atoms with Crippen LogP contribution in [-0.4, -0.2) is 20.8 Å². The lowest BCUT2D eigenvalue weighted by atomic mass is 10.1. The molecule has 0 aliphatic carbocycles. The Morgan fingerprint density at radius 1 is 1.47 bits per heavy atom. The third-order valence-corrected chi connectivity index (χ3v) is 3.22. The molecule has 1 aromatic carbocycles. The maximum atomic E-state index is 11.5. The van der Waals surface area contributed by atoms with Gasteiger partial charge in [-0.1, -0.05) is 23.6 Å². The summed E-state index contributed by atoms with van der Waals surface area (Å²) in [6, 6.07) is 5.30. The fraction of sp³-hybridized carbons (Fsp3) is 0.214. The van der Waals surface area contributed by atoms with Crippen molar-refractivity contribution in [3.63, 3.8) is 0 Å². The number of benzene rings is 1. The van der Waals surface area contributed by atoms with Crippen molar-refractivity contribution >= 4 is 27.8 Å². The van der Waals surface area contributed by atoms with E-state index < -0.39 is 0 Å². The van der Waals surface area contributed by atoms with E-state index in [1.165, 1.54) is 18.1 Å². The van der Waals surface area contributed by atoms with E-state index in [9.17, 15) is 9.59 Å². The molecule has 19 heavy (non-hydrogen) atoms. The van der Waals surface area contributed by atoms with Gasteiger partial charge in [0.25, 0.3) is 5.56 Å². The number of rotatable bonds is 2. The first-order valence-electron chi connectivity index (χ1n) is 5.76. The number of fused-ring (bicyclic) bond motifs is 1. The average Bonchev–Trinajstić information content (AvgIpc) is 2.38. The van der Waals surface area contributed by atoms with Crippen molar-refractivity contribution in [3.8, 4) is 11.8 Å². The first-order chi connectivity index (χ1) is 9.16. The van der Waals surface area contributed by atoms with Crippen LogP contribution in [0.15, 0.2) is 29.3 Å². The van der Waals surface area contributed by atoms with Gasteiger partial charge in [0, 0.05) is 24.7 Å². The molecule has 1 heterocycles. The van der Waals surface area contributed by atoms with Crippen LogP contribution in [0, 0.1) is 11.8 Å². The summed E-state index contributed by atoms with van der Waals surface area (Å²) in [4.78, 5) is 28.8. The predicted molar refractivity (Wildman–Crippen MR) is 77.0 cm³/mol. The van der Waals surface area contributed by atoms with Gasteiger partial charge in [0.1, 0.15) is 0 Å². The van der Waals surface area contributed by atoms with E-state index in [0.29, 0.717) is 23.1 Å². The van der Waals surface area contributed by atoms with Gasteiger partial charge in [-0.3, -0.25) is 9.59 Å². The van der Waals surface area contributed by atoms with Crippen LogP contribution in [0.4, 0.5) is 0 Å². The quantitative estimate of drug-likeness (QED) is 0.670. The van der Waals surface area contributed by atoms with E-state index in [4.69, 9.17) is 0 Å². The molecular formula is C14H12N2O2S. The lowest BCUT2D eigenvalue weighted by Crippen LogP contribution is -2.05. The van der Waals surface area contributed by atoms with Crippen LogP contribution in [0.1, 0.15) is 18.9 Å². The van der Waals surface area contributed by atoms with Gasteiger partial charge in [0.05, 0.1) is 17.2 Å². The number of H-pyrrole nitrogens is 1. The first-order valence-corrected chi connectivity index (χ1v) is 6.75. The molecule has 5 heteroatoms. The third-order valence-electron chi connectivity index (χ3n) is 2.41. The zero-order chi connectivity index (χ0) is 13.7. The molecule has 0 atom stereocenters. The SMILES string of the molecule is CC(=O)SCCC#Cc1ccc2c(=O)[nH]cnc2c1. The Morgan fingerprint density at radius 2 is 2.32 bits per heavy atom. The number of carbonyl (C=O) groups excluding carboxylic acids is 1. The topological polar surface area (TPSA) is 62.8 Å². The summed E-state index contributed by atoms with van der Waals surface area (Å²) in [5.74, 6) is 6.70. The molecule has 0 aliphatic heterocycles. The number of hydrogen-bond donors (Lipinski definition) is 1. The summed E-state index contributed by atoms with van der Waals surface area (Å²) < 4.78 is 0. The molecule has 4 nitrogen and oxygen atoms in total. The summed E-state index contributed by atoms with van der Waals surface area (Å²) in [6.45, 7) is 1.55. The molecule has 0 radical (unpaired) electrons. The fourth-order valence-corrected chi connectivity index (χ4v) is 2.05. The summed E-state index contributed by atoms with van der Waals surface area (Å²) in [5, 5.41) is 0.663. The molecule has 1 N–H and O–H groups in total. The standard InChI is InChI=1S/C14H12N2O2S/c1-10(17)19-7-3-2-4-11-5-6-12-13(8-11)15-9-16-14(12)18/h5-6,8-9H,3,7H2,1H3,(H,15,16,18). The van der Waals surface area contributed by atoms with Crippen LogP contribution in [0.25, 0.3) is 10.9 Å². The molecule has 0 saturated heterocycles. The second-order valence-electron chi connectivity index (χ2n) is 3.86. The van der Waals surface area contributed by atoms with E-state index >= 15 is 0 Å². The molecule has 1 aromatic heterocycles. The van der Waals surface area contributed by atoms with E-state index in [1.807, 2.05) is 0 Å². The zero-order valence-electron chi connectivity index (χ0n) is 10.4. The van der Waals surface area contributed by atoms with E-state index in [-0.39, 0.29) is 10.7 Å². The molecule has 0 amide bonds. The second kappa shape index (κ2) is 6.21. The van der Waals surface area contributed by atoms with Gasteiger partial charge in [-0.2, -0.15) is 0 Å². The highest BCUT2D eigenvalue weighted by Gasteiger charge is 1.99. The number of thioether (sulfide) groups is 1. The molecule has 0 aliphatic rings. The van der Waals surface area contributed by atoms with Gasteiger partial charge in [0.2, 0.25) is 0 Å². The van der Waals surface area contributed by atoms with Gasteiger partial charge < -0.3 is 4.98 Å². The monoisotopic (exact) mass is 272 g/mol. The fourth-order valence-electron chi connectivity index (χ4n) is 1.56. The normalized spacial score (nSPS) is 9.95. The van der Waals surface area contributed by atoms with Crippen LogP contribution in [0.5, 0.6) is 0 Å². The highest BCUT2D eigenvalue weighted by atomic mass is 32.2. The lowest BCUT2D eigenvalue weighted by molar-refractivity contribution is -0.109. The van der Waals surface area contributed by atoms with Gasteiger partial charge in [-0.25, -0.2) is 4.98 Å². The molecule has 2 rings (SSSR count). The largest absolute Gasteiger partial charge is 0.313 e. The van der Waals surface area contributed by atoms with Crippen molar-refractivity contribution < 1.29 is 4.79 Å². The van der Waals surface area contributed by atoms with Crippen LogP contribution in [-0.2, 0) is 4.79 Å². The van der Waals surface area contributed by atoms with E-state index in [1.54, 1.807) is 25.1 Å². The minimum atomic E-state index is -0.151. The van der Waals surface area contributed by atoms with Gasteiger partial charge in [0.15, 0.2) is 5.12 Å². The van der Waals surface area contributed by atoms with Crippen molar-refractivity contribution in [2.24, 2.45) is 0 Å². The van der Waals surface area contributed by atoms with Crippen LogP contribution in [0.2, 0.25) is 0 Å².